The van der Waals surface area contributed by atoms with Crippen molar-refractivity contribution in [3.8, 4) is 0 Å². The molecule has 3 fully saturated rings. The molecule has 0 aromatic rings. The molecule has 2 atom stereocenters. The highest BCUT2D eigenvalue weighted by Gasteiger charge is 2.53. The zero-order valence-electron chi connectivity index (χ0n) is 13.1. The van der Waals surface area contributed by atoms with E-state index in [2.05, 4.69) is 0 Å². The van der Waals surface area contributed by atoms with Crippen LogP contribution >= 0.6 is 0 Å². The Morgan fingerprint density at radius 3 is 2.41 bits per heavy atom. The Labute approximate surface area is 131 Å². The highest BCUT2D eigenvalue weighted by atomic mass is 32.2. The maximum Gasteiger partial charge on any atom is 0.328 e. The Morgan fingerprint density at radius 1 is 1.27 bits per heavy atom. The number of ether oxygens (including phenoxy) is 1. The molecular formula is C15H23NO5S. The Kier molecular flexibility index (Phi) is 3.74. The van der Waals surface area contributed by atoms with Crippen LogP contribution in [0.1, 0.15) is 39.0 Å². The summed E-state index contributed by atoms with van der Waals surface area (Å²) in [5.74, 6) is -0.161. The highest BCUT2D eigenvalue weighted by molar-refractivity contribution is 7.92. The standard InChI is InChI=1S/C15H23NO5S/c1-15(5-6-15)14(18)16-8-11(7-12(16)13(17)21-2)22(19,20)9-10-3-4-10/h10-12H,3-9H2,1-2H3/t11-,12?/m1/s1. The number of rotatable bonds is 5. The fraction of sp³-hybridized carbons (Fsp3) is 0.867. The summed E-state index contributed by atoms with van der Waals surface area (Å²) in [5, 5.41) is -0.636. The van der Waals surface area contributed by atoms with Gasteiger partial charge in [-0.1, -0.05) is 6.92 Å². The summed E-state index contributed by atoms with van der Waals surface area (Å²) >= 11 is 0. The number of hydrogen-bond donors (Lipinski definition) is 0. The molecule has 3 aliphatic rings. The molecule has 1 saturated heterocycles. The molecule has 0 spiro atoms. The number of likely N-dealkylation sites (tertiary alicyclic amines) is 1. The first-order chi connectivity index (χ1) is 10.3. The molecule has 2 aliphatic carbocycles. The molecule has 0 aromatic carbocycles. The summed E-state index contributed by atoms with van der Waals surface area (Å²) in [6.07, 6.45) is 3.70. The van der Waals surface area contributed by atoms with E-state index in [1.54, 1.807) is 0 Å². The van der Waals surface area contributed by atoms with Crippen LogP contribution in [0.2, 0.25) is 0 Å². The van der Waals surface area contributed by atoms with Gasteiger partial charge in [-0.2, -0.15) is 0 Å². The van der Waals surface area contributed by atoms with E-state index < -0.39 is 32.5 Å². The third kappa shape index (κ3) is 2.87. The van der Waals surface area contributed by atoms with Crippen molar-refractivity contribution >= 4 is 21.7 Å². The SMILES string of the molecule is COC(=O)C1C[C@@H](S(=O)(=O)CC2CC2)CN1C(=O)C1(C)CC1. The molecule has 0 bridgehead atoms. The van der Waals surface area contributed by atoms with Crippen LogP contribution in [-0.4, -0.2) is 55.9 Å². The number of amides is 1. The van der Waals surface area contributed by atoms with Crippen LogP contribution in [0.15, 0.2) is 0 Å². The number of methoxy groups -OCH3 is 1. The molecular weight excluding hydrogens is 306 g/mol. The summed E-state index contributed by atoms with van der Waals surface area (Å²) in [5.41, 5.74) is -0.415. The molecule has 2 saturated carbocycles. The largest absolute Gasteiger partial charge is 0.467 e. The van der Waals surface area contributed by atoms with Crippen LogP contribution in [0.3, 0.4) is 0 Å². The van der Waals surface area contributed by atoms with Crippen LogP contribution < -0.4 is 0 Å². The lowest BCUT2D eigenvalue weighted by Gasteiger charge is -2.25. The van der Waals surface area contributed by atoms with Gasteiger partial charge in [0.2, 0.25) is 5.91 Å². The summed E-state index contributed by atoms with van der Waals surface area (Å²) in [6.45, 7) is 2.00. The van der Waals surface area contributed by atoms with Gasteiger partial charge in [-0.05, 0) is 38.0 Å². The van der Waals surface area contributed by atoms with E-state index in [9.17, 15) is 18.0 Å². The van der Waals surface area contributed by atoms with Gasteiger partial charge in [-0.25, -0.2) is 13.2 Å². The van der Waals surface area contributed by atoms with E-state index in [4.69, 9.17) is 4.74 Å². The van der Waals surface area contributed by atoms with E-state index in [0.717, 1.165) is 25.7 Å². The van der Waals surface area contributed by atoms with E-state index in [1.807, 2.05) is 6.92 Å². The van der Waals surface area contributed by atoms with Crippen molar-refractivity contribution in [2.45, 2.75) is 50.3 Å². The minimum Gasteiger partial charge on any atom is -0.467 e. The lowest BCUT2D eigenvalue weighted by Crippen LogP contribution is -2.44. The van der Waals surface area contributed by atoms with Gasteiger partial charge in [0.25, 0.3) is 0 Å². The predicted molar refractivity (Wildman–Crippen MR) is 79.8 cm³/mol. The highest BCUT2D eigenvalue weighted by Crippen LogP contribution is 2.48. The second-order valence-corrected chi connectivity index (χ2v) is 9.51. The maximum absolute atomic E-state index is 12.6. The number of carbonyl (C=O) groups excluding carboxylic acids is 2. The minimum atomic E-state index is -3.26. The third-order valence-corrected chi connectivity index (χ3v) is 7.48. The van der Waals surface area contributed by atoms with Gasteiger partial charge in [-0.3, -0.25) is 4.79 Å². The smallest absolute Gasteiger partial charge is 0.328 e. The van der Waals surface area contributed by atoms with Crippen molar-refractivity contribution in [3.05, 3.63) is 0 Å². The van der Waals surface area contributed by atoms with Gasteiger partial charge in [0.1, 0.15) is 6.04 Å². The van der Waals surface area contributed by atoms with Crippen LogP contribution in [0.4, 0.5) is 0 Å². The zero-order valence-corrected chi connectivity index (χ0v) is 13.9. The van der Waals surface area contributed by atoms with E-state index in [-0.39, 0.29) is 30.5 Å². The van der Waals surface area contributed by atoms with Crippen molar-refractivity contribution < 1.29 is 22.7 Å². The molecule has 1 heterocycles. The minimum absolute atomic E-state index is 0.105. The zero-order chi connectivity index (χ0) is 16.1. The van der Waals surface area contributed by atoms with Crippen LogP contribution in [0.5, 0.6) is 0 Å². The van der Waals surface area contributed by atoms with Gasteiger partial charge in [-0.15, -0.1) is 0 Å². The van der Waals surface area contributed by atoms with Crippen LogP contribution in [0.25, 0.3) is 0 Å². The Hall–Kier alpha value is -1.11. The number of hydrogen-bond acceptors (Lipinski definition) is 5. The molecule has 3 rings (SSSR count). The molecule has 6 nitrogen and oxygen atoms in total. The fourth-order valence-electron chi connectivity index (χ4n) is 3.14. The van der Waals surface area contributed by atoms with Crippen molar-refractivity contribution in [3.63, 3.8) is 0 Å². The second-order valence-electron chi connectivity index (χ2n) is 7.19. The van der Waals surface area contributed by atoms with Gasteiger partial charge < -0.3 is 9.64 Å². The molecule has 1 amide bonds. The Balaban J connectivity index is 1.78. The quantitative estimate of drug-likeness (QED) is 0.696. The second kappa shape index (κ2) is 5.22. The summed E-state index contributed by atoms with van der Waals surface area (Å²) in [4.78, 5) is 26.0. The first-order valence-electron chi connectivity index (χ1n) is 7.87. The van der Waals surface area contributed by atoms with Gasteiger partial charge in [0.05, 0.1) is 18.1 Å². The predicted octanol–water partition coefficient (Wildman–Crippen LogP) is 0.754. The van der Waals surface area contributed by atoms with Gasteiger partial charge in [0.15, 0.2) is 9.84 Å². The van der Waals surface area contributed by atoms with E-state index in [0.29, 0.717) is 0 Å². The van der Waals surface area contributed by atoms with Crippen molar-refractivity contribution in [1.29, 1.82) is 0 Å². The number of esters is 1. The van der Waals surface area contributed by atoms with Gasteiger partial charge >= 0.3 is 5.97 Å². The van der Waals surface area contributed by atoms with Gasteiger partial charge in [0, 0.05) is 12.0 Å². The van der Waals surface area contributed by atoms with Crippen molar-refractivity contribution in [1.82, 2.24) is 4.90 Å². The molecule has 1 unspecified atom stereocenters. The molecule has 0 N–H and O–H groups in total. The van der Waals surface area contributed by atoms with E-state index >= 15 is 0 Å². The molecule has 7 heteroatoms. The maximum atomic E-state index is 12.6. The Bertz CT molecular complexity index is 591. The molecule has 1 aliphatic heterocycles. The molecule has 0 radical (unpaired) electrons. The summed E-state index contributed by atoms with van der Waals surface area (Å²) in [7, 11) is -1.99. The monoisotopic (exact) mass is 329 g/mol. The average Bonchev–Trinajstić information content (AvgIpc) is 3.37. The summed E-state index contributed by atoms with van der Waals surface area (Å²) in [6, 6.07) is -0.756. The summed E-state index contributed by atoms with van der Waals surface area (Å²) < 4.78 is 29.7. The first-order valence-corrected chi connectivity index (χ1v) is 9.59. The number of sulfone groups is 1. The Morgan fingerprint density at radius 2 is 1.91 bits per heavy atom. The van der Waals surface area contributed by atoms with Crippen LogP contribution in [0, 0.1) is 11.3 Å². The lowest BCUT2D eigenvalue weighted by atomic mass is 10.1. The topological polar surface area (TPSA) is 80.8 Å². The van der Waals surface area contributed by atoms with Crippen molar-refractivity contribution in [2.75, 3.05) is 19.4 Å². The number of nitrogens with zero attached hydrogens (tertiary/aromatic N) is 1. The lowest BCUT2D eigenvalue weighted by molar-refractivity contribution is -0.152. The fourth-order valence-corrected chi connectivity index (χ4v) is 5.26. The number of carbonyl (C=O) groups is 2. The average molecular weight is 329 g/mol. The first kappa shape index (κ1) is 15.8. The molecule has 0 aromatic heterocycles. The van der Waals surface area contributed by atoms with E-state index in [1.165, 1.54) is 12.0 Å². The normalized spacial score (nSPS) is 30.2. The third-order valence-electron chi connectivity index (χ3n) is 5.19. The van der Waals surface area contributed by atoms with Crippen molar-refractivity contribution in [2.24, 2.45) is 11.3 Å². The molecule has 124 valence electrons. The van der Waals surface area contributed by atoms with Crippen LogP contribution in [-0.2, 0) is 24.2 Å². The molecule has 22 heavy (non-hydrogen) atoms.